The second kappa shape index (κ2) is 5.53. The SMILES string of the molecule is Cc1cc(C)cc(CC(O)c2ccc3c(c2)CCN3C)c1. The van der Waals surface area contributed by atoms with Crippen molar-refractivity contribution in [2.75, 3.05) is 18.5 Å². The summed E-state index contributed by atoms with van der Waals surface area (Å²) in [5.74, 6) is 0. The number of aliphatic hydroxyl groups excluding tert-OH is 1. The van der Waals surface area contributed by atoms with Crippen LogP contribution in [0.15, 0.2) is 36.4 Å². The lowest BCUT2D eigenvalue weighted by atomic mass is 9.97. The van der Waals surface area contributed by atoms with Gasteiger partial charge in [-0.25, -0.2) is 0 Å². The lowest BCUT2D eigenvalue weighted by Crippen LogP contribution is -2.12. The van der Waals surface area contributed by atoms with Crippen LogP contribution in [0.5, 0.6) is 0 Å². The predicted molar refractivity (Wildman–Crippen MR) is 88.0 cm³/mol. The molecule has 0 aromatic heterocycles. The van der Waals surface area contributed by atoms with Crippen molar-refractivity contribution in [2.24, 2.45) is 0 Å². The number of hydrogen-bond donors (Lipinski definition) is 1. The Balaban J connectivity index is 1.81. The highest BCUT2D eigenvalue weighted by molar-refractivity contribution is 5.58. The van der Waals surface area contributed by atoms with E-state index in [4.69, 9.17) is 0 Å². The van der Waals surface area contributed by atoms with Crippen LogP contribution in [0.3, 0.4) is 0 Å². The molecule has 1 aliphatic rings. The molecular formula is C19H23NO. The summed E-state index contributed by atoms with van der Waals surface area (Å²) in [4.78, 5) is 2.27. The molecule has 0 radical (unpaired) electrons. The number of benzene rings is 2. The number of anilines is 1. The van der Waals surface area contributed by atoms with Gasteiger partial charge in [-0.2, -0.15) is 0 Å². The molecule has 1 atom stereocenters. The van der Waals surface area contributed by atoms with Crippen LogP contribution in [0.2, 0.25) is 0 Å². The van der Waals surface area contributed by atoms with Crippen molar-refractivity contribution in [2.45, 2.75) is 32.8 Å². The van der Waals surface area contributed by atoms with Gasteiger partial charge in [-0.15, -0.1) is 0 Å². The average Bonchev–Trinajstić information content (AvgIpc) is 2.78. The molecule has 3 rings (SSSR count). The van der Waals surface area contributed by atoms with Gasteiger partial charge >= 0.3 is 0 Å². The molecule has 0 spiro atoms. The fraction of sp³-hybridized carbons (Fsp3) is 0.368. The molecular weight excluding hydrogens is 258 g/mol. The largest absolute Gasteiger partial charge is 0.388 e. The predicted octanol–water partition coefficient (Wildman–Crippen LogP) is 3.57. The van der Waals surface area contributed by atoms with E-state index in [0.29, 0.717) is 6.42 Å². The molecule has 2 heteroatoms. The number of rotatable bonds is 3. The molecule has 2 aromatic rings. The van der Waals surface area contributed by atoms with Gasteiger partial charge in [0.25, 0.3) is 0 Å². The summed E-state index contributed by atoms with van der Waals surface area (Å²) in [6, 6.07) is 12.9. The molecule has 0 saturated carbocycles. The summed E-state index contributed by atoms with van der Waals surface area (Å²) in [7, 11) is 2.12. The first-order valence-electron chi connectivity index (χ1n) is 7.62. The Morgan fingerprint density at radius 1 is 1.10 bits per heavy atom. The number of nitrogens with zero attached hydrogens (tertiary/aromatic N) is 1. The van der Waals surface area contributed by atoms with Crippen LogP contribution in [0, 0.1) is 13.8 Å². The molecule has 2 nitrogen and oxygen atoms in total. The summed E-state index contributed by atoms with van der Waals surface area (Å²) >= 11 is 0. The van der Waals surface area contributed by atoms with Crippen molar-refractivity contribution in [1.82, 2.24) is 0 Å². The smallest absolute Gasteiger partial charge is 0.0830 e. The number of hydrogen-bond acceptors (Lipinski definition) is 2. The second-order valence-electron chi connectivity index (χ2n) is 6.28. The number of aliphatic hydroxyl groups is 1. The van der Waals surface area contributed by atoms with Gasteiger partial charge in [-0.05, 0) is 43.0 Å². The van der Waals surface area contributed by atoms with E-state index in [1.807, 2.05) is 0 Å². The maximum absolute atomic E-state index is 10.5. The first-order chi connectivity index (χ1) is 10.0. The molecule has 1 heterocycles. The monoisotopic (exact) mass is 281 g/mol. The van der Waals surface area contributed by atoms with Crippen LogP contribution in [-0.4, -0.2) is 18.7 Å². The second-order valence-corrected chi connectivity index (χ2v) is 6.28. The van der Waals surface area contributed by atoms with Crippen molar-refractivity contribution in [3.63, 3.8) is 0 Å². The summed E-state index contributed by atoms with van der Waals surface area (Å²) in [5, 5.41) is 10.5. The van der Waals surface area contributed by atoms with Crippen molar-refractivity contribution < 1.29 is 5.11 Å². The van der Waals surface area contributed by atoms with E-state index in [0.717, 1.165) is 18.5 Å². The molecule has 110 valence electrons. The summed E-state index contributed by atoms with van der Waals surface area (Å²) in [6.45, 7) is 5.29. The Labute approximate surface area is 127 Å². The third-order valence-corrected chi connectivity index (χ3v) is 4.33. The van der Waals surface area contributed by atoms with Crippen LogP contribution in [0.4, 0.5) is 5.69 Å². The maximum Gasteiger partial charge on any atom is 0.0830 e. The van der Waals surface area contributed by atoms with Gasteiger partial charge in [0, 0.05) is 25.7 Å². The molecule has 0 fully saturated rings. The van der Waals surface area contributed by atoms with Gasteiger partial charge in [0.05, 0.1) is 6.10 Å². The highest BCUT2D eigenvalue weighted by atomic mass is 16.3. The molecule has 1 N–H and O–H groups in total. The lowest BCUT2D eigenvalue weighted by molar-refractivity contribution is 0.178. The van der Waals surface area contributed by atoms with Gasteiger partial charge in [0.1, 0.15) is 0 Å². The molecule has 1 unspecified atom stereocenters. The van der Waals surface area contributed by atoms with E-state index in [1.54, 1.807) is 0 Å². The van der Waals surface area contributed by atoms with Crippen LogP contribution in [0.25, 0.3) is 0 Å². The van der Waals surface area contributed by atoms with Crippen molar-refractivity contribution in [3.8, 4) is 0 Å². The van der Waals surface area contributed by atoms with E-state index in [1.165, 1.54) is 27.9 Å². The van der Waals surface area contributed by atoms with Crippen LogP contribution >= 0.6 is 0 Å². The Morgan fingerprint density at radius 2 is 1.81 bits per heavy atom. The van der Waals surface area contributed by atoms with Crippen LogP contribution in [-0.2, 0) is 12.8 Å². The van der Waals surface area contributed by atoms with Gasteiger partial charge in [0.2, 0.25) is 0 Å². The Hall–Kier alpha value is -1.80. The maximum atomic E-state index is 10.5. The molecule has 0 bridgehead atoms. The molecule has 0 saturated heterocycles. The highest BCUT2D eigenvalue weighted by Crippen LogP contribution is 2.30. The van der Waals surface area contributed by atoms with Crippen molar-refractivity contribution >= 4 is 5.69 Å². The van der Waals surface area contributed by atoms with E-state index >= 15 is 0 Å². The first-order valence-corrected chi connectivity index (χ1v) is 7.62. The fourth-order valence-electron chi connectivity index (χ4n) is 3.32. The average molecular weight is 281 g/mol. The lowest BCUT2D eigenvalue weighted by Gasteiger charge is -2.15. The van der Waals surface area contributed by atoms with Gasteiger partial charge in [0.15, 0.2) is 0 Å². The minimum atomic E-state index is -0.428. The molecule has 1 aliphatic heterocycles. The number of aryl methyl sites for hydroxylation is 2. The first kappa shape index (κ1) is 14.2. The zero-order valence-corrected chi connectivity index (χ0v) is 13.1. The molecule has 0 amide bonds. The minimum absolute atomic E-state index is 0.428. The molecule has 21 heavy (non-hydrogen) atoms. The Morgan fingerprint density at radius 3 is 2.52 bits per heavy atom. The van der Waals surface area contributed by atoms with Gasteiger partial charge in [-0.3, -0.25) is 0 Å². The van der Waals surface area contributed by atoms with Gasteiger partial charge in [-0.1, -0.05) is 41.5 Å². The summed E-state index contributed by atoms with van der Waals surface area (Å²) in [6.07, 6.45) is 1.33. The Kier molecular flexibility index (Phi) is 3.73. The van der Waals surface area contributed by atoms with E-state index in [2.05, 4.69) is 62.2 Å². The van der Waals surface area contributed by atoms with Crippen molar-refractivity contribution in [3.05, 3.63) is 64.2 Å². The minimum Gasteiger partial charge on any atom is -0.388 e. The standard InChI is InChI=1S/C19H23NO/c1-13-8-14(2)10-15(9-13)11-19(21)17-4-5-18-16(12-17)6-7-20(18)3/h4-5,8-10,12,19,21H,6-7,11H2,1-3H3. The number of fused-ring (bicyclic) bond motifs is 1. The highest BCUT2D eigenvalue weighted by Gasteiger charge is 2.18. The number of likely N-dealkylation sites (N-methyl/N-ethyl adjacent to an activating group) is 1. The van der Waals surface area contributed by atoms with Gasteiger partial charge < -0.3 is 10.0 Å². The quantitative estimate of drug-likeness (QED) is 0.929. The summed E-state index contributed by atoms with van der Waals surface area (Å²) < 4.78 is 0. The molecule has 2 aromatic carbocycles. The third kappa shape index (κ3) is 2.96. The van der Waals surface area contributed by atoms with Crippen molar-refractivity contribution in [1.29, 1.82) is 0 Å². The Bertz CT molecular complexity index is 642. The zero-order valence-electron chi connectivity index (χ0n) is 13.1. The topological polar surface area (TPSA) is 23.5 Å². The van der Waals surface area contributed by atoms with E-state index < -0.39 is 6.10 Å². The van der Waals surface area contributed by atoms with Crippen LogP contribution in [0.1, 0.15) is 33.9 Å². The summed E-state index contributed by atoms with van der Waals surface area (Å²) in [5.41, 5.74) is 7.41. The fourth-order valence-corrected chi connectivity index (χ4v) is 3.32. The molecule has 0 aliphatic carbocycles. The van der Waals surface area contributed by atoms with E-state index in [-0.39, 0.29) is 0 Å². The zero-order chi connectivity index (χ0) is 15.0. The van der Waals surface area contributed by atoms with E-state index in [9.17, 15) is 5.11 Å². The van der Waals surface area contributed by atoms with Crippen LogP contribution < -0.4 is 4.90 Å². The third-order valence-electron chi connectivity index (χ3n) is 4.33. The normalized spacial score (nSPS) is 15.1.